The first-order valence-corrected chi connectivity index (χ1v) is 7.42. The molecule has 2 rings (SSSR count). The van der Waals surface area contributed by atoms with Crippen LogP contribution in [-0.2, 0) is 13.6 Å². The Morgan fingerprint density at radius 1 is 1.38 bits per heavy atom. The quantitative estimate of drug-likeness (QED) is 0.883. The number of hydrogen-bond donors (Lipinski definition) is 1. The lowest BCUT2D eigenvalue weighted by atomic mass is 10.0. The van der Waals surface area contributed by atoms with Crippen molar-refractivity contribution >= 4 is 0 Å². The van der Waals surface area contributed by atoms with Gasteiger partial charge >= 0.3 is 0 Å². The second-order valence-corrected chi connectivity index (χ2v) is 5.58. The Labute approximate surface area is 126 Å². The van der Waals surface area contributed by atoms with Crippen LogP contribution < -0.4 is 5.73 Å². The van der Waals surface area contributed by atoms with Crippen LogP contribution in [0.15, 0.2) is 30.6 Å². The highest BCUT2D eigenvalue weighted by Crippen LogP contribution is 2.24. The van der Waals surface area contributed by atoms with E-state index in [2.05, 4.69) is 34.0 Å². The highest BCUT2D eigenvalue weighted by atomic mass is 15.3. The first-order valence-electron chi connectivity index (χ1n) is 7.42. The number of pyridine rings is 1. The Morgan fingerprint density at radius 3 is 2.67 bits per heavy atom. The molecule has 0 aliphatic carbocycles. The van der Waals surface area contributed by atoms with Crippen LogP contribution in [0.2, 0.25) is 0 Å². The maximum Gasteiger partial charge on any atom is 0.0547 e. The Hall–Kier alpha value is -1.72. The topological polar surface area (TPSA) is 60.0 Å². The van der Waals surface area contributed by atoms with Gasteiger partial charge in [-0.1, -0.05) is 13.0 Å². The van der Waals surface area contributed by atoms with Crippen LogP contribution in [0.3, 0.4) is 0 Å². The molecule has 0 fully saturated rings. The number of nitrogens with two attached hydrogens (primary N) is 1. The van der Waals surface area contributed by atoms with Crippen molar-refractivity contribution in [3.8, 4) is 0 Å². The van der Waals surface area contributed by atoms with Crippen LogP contribution in [0.5, 0.6) is 0 Å². The van der Waals surface area contributed by atoms with Crippen molar-refractivity contribution in [2.45, 2.75) is 39.4 Å². The fraction of sp³-hybridized carbons (Fsp3) is 0.500. The highest BCUT2D eigenvalue weighted by molar-refractivity contribution is 5.15. The number of rotatable bonds is 6. The van der Waals surface area contributed by atoms with Crippen molar-refractivity contribution in [1.29, 1.82) is 0 Å². The van der Waals surface area contributed by atoms with E-state index < -0.39 is 0 Å². The predicted molar refractivity (Wildman–Crippen MR) is 84.7 cm³/mol. The zero-order chi connectivity index (χ0) is 15.4. The lowest BCUT2D eigenvalue weighted by molar-refractivity contribution is 0.175. The van der Waals surface area contributed by atoms with E-state index in [0.29, 0.717) is 0 Å². The molecule has 0 aromatic carbocycles. The van der Waals surface area contributed by atoms with E-state index in [1.54, 1.807) is 0 Å². The number of aryl methyl sites for hydroxylation is 2. The van der Waals surface area contributed by atoms with Gasteiger partial charge in [-0.2, -0.15) is 5.10 Å². The summed E-state index contributed by atoms with van der Waals surface area (Å²) in [5, 5.41) is 4.28. The molecule has 2 aromatic heterocycles. The van der Waals surface area contributed by atoms with Crippen molar-refractivity contribution in [2.24, 2.45) is 12.8 Å². The molecule has 2 atom stereocenters. The van der Waals surface area contributed by atoms with Gasteiger partial charge < -0.3 is 5.73 Å². The molecular weight excluding hydrogens is 262 g/mol. The minimum atomic E-state index is 0.0268. The fourth-order valence-electron chi connectivity index (χ4n) is 2.74. The maximum atomic E-state index is 6.24. The van der Waals surface area contributed by atoms with Gasteiger partial charge in [-0.05, 0) is 32.5 Å². The molecule has 0 spiro atoms. The summed E-state index contributed by atoms with van der Waals surface area (Å²) in [6, 6.07) is 6.31. The monoisotopic (exact) mass is 287 g/mol. The van der Waals surface area contributed by atoms with Crippen LogP contribution in [0, 0.1) is 6.92 Å². The van der Waals surface area contributed by atoms with E-state index in [9.17, 15) is 0 Å². The van der Waals surface area contributed by atoms with E-state index in [1.165, 1.54) is 0 Å². The minimum absolute atomic E-state index is 0.0268. The van der Waals surface area contributed by atoms with E-state index in [-0.39, 0.29) is 12.1 Å². The smallest absolute Gasteiger partial charge is 0.0547 e. The second-order valence-electron chi connectivity index (χ2n) is 5.58. The molecule has 21 heavy (non-hydrogen) atoms. The van der Waals surface area contributed by atoms with E-state index in [1.807, 2.05) is 44.0 Å². The molecule has 0 saturated carbocycles. The zero-order valence-corrected chi connectivity index (χ0v) is 13.3. The Bertz CT molecular complexity index is 576. The second kappa shape index (κ2) is 6.83. The molecule has 2 unspecified atom stereocenters. The lowest BCUT2D eigenvalue weighted by Crippen LogP contribution is -2.39. The zero-order valence-electron chi connectivity index (χ0n) is 13.3. The molecule has 2 heterocycles. The van der Waals surface area contributed by atoms with Crippen molar-refractivity contribution in [1.82, 2.24) is 19.7 Å². The Morgan fingerprint density at radius 2 is 2.14 bits per heavy atom. The summed E-state index contributed by atoms with van der Waals surface area (Å²) < 4.78 is 1.82. The fourth-order valence-corrected chi connectivity index (χ4v) is 2.74. The third-order valence-corrected chi connectivity index (χ3v) is 3.68. The molecule has 5 nitrogen and oxygen atoms in total. The van der Waals surface area contributed by atoms with Gasteiger partial charge in [-0.3, -0.25) is 14.6 Å². The molecule has 2 aromatic rings. The molecule has 2 N–H and O–H groups in total. The van der Waals surface area contributed by atoms with Crippen LogP contribution >= 0.6 is 0 Å². The van der Waals surface area contributed by atoms with Crippen LogP contribution in [0.25, 0.3) is 0 Å². The van der Waals surface area contributed by atoms with Gasteiger partial charge in [-0.15, -0.1) is 0 Å². The standard InChI is InChI=1S/C16H25N5/c1-5-21(11-15-8-6-7-12(2)19-15)16(13(3)17)14-9-18-20(4)10-14/h6-10,13,16H,5,11,17H2,1-4H3. The van der Waals surface area contributed by atoms with Crippen molar-refractivity contribution in [2.75, 3.05) is 6.54 Å². The lowest BCUT2D eigenvalue weighted by Gasteiger charge is -2.32. The number of nitrogens with zero attached hydrogens (tertiary/aromatic N) is 4. The molecule has 0 amide bonds. The molecule has 0 bridgehead atoms. The average molecular weight is 287 g/mol. The summed E-state index contributed by atoms with van der Waals surface area (Å²) in [7, 11) is 1.93. The summed E-state index contributed by atoms with van der Waals surface area (Å²) in [5.74, 6) is 0. The van der Waals surface area contributed by atoms with Crippen LogP contribution in [-0.4, -0.2) is 32.3 Å². The van der Waals surface area contributed by atoms with E-state index in [0.717, 1.165) is 30.0 Å². The molecule has 114 valence electrons. The summed E-state index contributed by atoms with van der Waals surface area (Å²) in [4.78, 5) is 6.95. The van der Waals surface area contributed by atoms with Gasteiger partial charge in [0, 0.05) is 37.1 Å². The van der Waals surface area contributed by atoms with Gasteiger partial charge in [0.2, 0.25) is 0 Å². The molecule has 5 heteroatoms. The Kier molecular flexibility index (Phi) is 5.09. The van der Waals surface area contributed by atoms with Gasteiger partial charge in [-0.25, -0.2) is 0 Å². The van der Waals surface area contributed by atoms with E-state index >= 15 is 0 Å². The third kappa shape index (κ3) is 3.89. The SMILES string of the molecule is CCN(Cc1cccc(C)n1)C(c1cnn(C)c1)C(C)N. The first-order chi connectivity index (χ1) is 10.0. The molecule has 0 aliphatic heterocycles. The average Bonchev–Trinajstić information content (AvgIpc) is 2.84. The van der Waals surface area contributed by atoms with Crippen molar-refractivity contribution in [3.05, 3.63) is 47.5 Å². The van der Waals surface area contributed by atoms with Gasteiger partial charge in [0.15, 0.2) is 0 Å². The minimum Gasteiger partial charge on any atom is -0.326 e. The number of aromatic nitrogens is 3. The van der Waals surface area contributed by atoms with Gasteiger partial charge in [0.05, 0.1) is 17.9 Å². The number of hydrogen-bond acceptors (Lipinski definition) is 4. The summed E-state index contributed by atoms with van der Waals surface area (Å²) in [5.41, 5.74) is 9.51. The first kappa shape index (κ1) is 15.7. The van der Waals surface area contributed by atoms with Crippen LogP contribution in [0.4, 0.5) is 0 Å². The van der Waals surface area contributed by atoms with Gasteiger partial charge in [0.1, 0.15) is 0 Å². The van der Waals surface area contributed by atoms with Crippen LogP contribution in [0.1, 0.15) is 36.8 Å². The maximum absolute atomic E-state index is 6.24. The Balaban J connectivity index is 2.24. The molecular formula is C16H25N5. The highest BCUT2D eigenvalue weighted by Gasteiger charge is 2.24. The third-order valence-electron chi connectivity index (χ3n) is 3.68. The van der Waals surface area contributed by atoms with Crippen molar-refractivity contribution < 1.29 is 0 Å². The largest absolute Gasteiger partial charge is 0.326 e. The summed E-state index contributed by atoms with van der Waals surface area (Å²) in [6.07, 6.45) is 3.95. The molecule has 0 aliphatic rings. The molecule has 0 saturated heterocycles. The normalized spacial score (nSPS) is 14.4. The molecule has 0 radical (unpaired) electrons. The van der Waals surface area contributed by atoms with Gasteiger partial charge in [0.25, 0.3) is 0 Å². The predicted octanol–water partition coefficient (Wildman–Crippen LogP) is 2.03. The summed E-state index contributed by atoms with van der Waals surface area (Å²) >= 11 is 0. The number of likely N-dealkylation sites (N-methyl/N-ethyl adjacent to an activating group) is 1. The van der Waals surface area contributed by atoms with E-state index in [4.69, 9.17) is 5.73 Å². The van der Waals surface area contributed by atoms with Crippen molar-refractivity contribution in [3.63, 3.8) is 0 Å². The summed E-state index contributed by atoms with van der Waals surface area (Å²) in [6.45, 7) is 7.92.